The molecule has 0 bridgehead atoms. The first kappa shape index (κ1) is 40.9. The molecule has 0 spiro atoms. The molecule has 0 saturated carbocycles. The summed E-state index contributed by atoms with van der Waals surface area (Å²) in [6.45, 7) is 4.67. The van der Waals surface area contributed by atoms with Gasteiger partial charge in [0, 0.05) is 55.0 Å². The van der Waals surface area contributed by atoms with Crippen molar-refractivity contribution in [3.8, 4) is 78.7 Å². The van der Waals surface area contributed by atoms with Crippen LogP contribution in [0.3, 0.4) is 0 Å². The number of hydrogen-bond acceptors (Lipinski definition) is 2. The third-order valence-corrected chi connectivity index (χ3v) is 14.9. The number of nitrogens with zero attached hydrogens (tertiary/aromatic N) is 4. The van der Waals surface area contributed by atoms with E-state index in [2.05, 4.69) is 266 Å². The molecule has 0 N–H and O–H groups in total. The normalized spacial score (nSPS) is 12.8. The average Bonchev–Trinajstić information content (AvgIpc) is 4.03. The van der Waals surface area contributed by atoms with Crippen LogP contribution in [-0.2, 0) is 5.41 Å². The Hall–Kier alpha value is -9.12. The number of aromatic nitrogens is 4. The fraction of sp³-hybridized carbons (Fsp3) is 0.0448. The second-order valence-corrected chi connectivity index (χ2v) is 19.4. The molecule has 0 aliphatic heterocycles. The first-order valence-electron chi connectivity index (χ1n) is 24.5. The molecule has 0 saturated heterocycles. The minimum Gasteiger partial charge on any atom is -0.309 e. The minimum atomic E-state index is -0.155. The lowest BCUT2D eigenvalue weighted by Crippen LogP contribution is -2.14. The van der Waals surface area contributed by atoms with Crippen molar-refractivity contribution in [3.05, 3.63) is 254 Å². The summed E-state index contributed by atoms with van der Waals surface area (Å²) in [5.74, 6) is 0.659. The van der Waals surface area contributed by atoms with Gasteiger partial charge in [0.25, 0.3) is 0 Å². The van der Waals surface area contributed by atoms with Gasteiger partial charge in [-0.05, 0) is 111 Å². The molecular weight excluding hydrogens is 861 g/mol. The summed E-state index contributed by atoms with van der Waals surface area (Å²) in [6.07, 6.45) is 0. The van der Waals surface area contributed by atoms with Crippen molar-refractivity contribution < 1.29 is 0 Å². The Bertz CT molecular complexity index is 4060. The topological polar surface area (TPSA) is 35.6 Å². The Morgan fingerprint density at radius 2 is 0.746 bits per heavy atom. The highest BCUT2D eigenvalue weighted by Crippen LogP contribution is 2.50. The third-order valence-electron chi connectivity index (χ3n) is 14.9. The zero-order valence-electron chi connectivity index (χ0n) is 39.4. The van der Waals surface area contributed by atoms with Gasteiger partial charge < -0.3 is 9.13 Å². The lowest BCUT2D eigenvalue weighted by atomic mass is 9.82. The first-order valence-corrected chi connectivity index (χ1v) is 24.5. The molecule has 0 fully saturated rings. The van der Waals surface area contributed by atoms with Crippen LogP contribution in [0, 0.1) is 0 Å². The minimum absolute atomic E-state index is 0.155. The summed E-state index contributed by atoms with van der Waals surface area (Å²) < 4.78 is 4.85. The van der Waals surface area contributed by atoms with Crippen molar-refractivity contribution in [1.29, 1.82) is 0 Å². The molecule has 1 aliphatic rings. The van der Waals surface area contributed by atoms with Crippen LogP contribution in [0.1, 0.15) is 25.0 Å². The van der Waals surface area contributed by atoms with E-state index >= 15 is 0 Å². The molecule has 0 radical (unpaired) electrons. The molecule has 4 nitrogen and oxygen atoms in total. The van der Waals surface area contributed by atoms with Gasteiger partial charge in [0.1, 0.15) is 0 Å². The Morgan fingerprint density at radius 1 is 0.296 bits per heavy atom. The van der Waals surface area contributed by atoms with Crippen LogP contribution < -0.4 is 0 Å². The molecule has 4 heteroatoms. The molecule has 14 rings (SSSR count). The maximum absolute atomic E-state index is 5.58. The SMILES string of the molecule is CC1(C)c2ccccc2-c2ccc(-c3cc(-c4ccccc4)nc(-c4cc(-n5c6ccccc6c6cc(-c7ccccc7)ccc65)cc(-n5c6ccccc6c6cc(-c7ccccc7)ccc65)c4)n3)cc21. The maximum atomic E-state index is 5.58. The molecule has 0 atom stereocenters. The Kier molecular flexibility index (Phi) is 9.21. The van der Waals surface area contributed by atoms with Gasteiger partial charge in [0.2, 0.25) is 0 Å². The Morgan fingerprint density at radius 3 is 1.32 bits per heavy atom. The van der Waals surface area contributed by atoms with E-state index in [4.69, 9.17) is 9.97 Å². The maximum Gasteiger partial charge on any atom is 0.160 e. The molecule has 3 aromatic heterocycles. The highest BCUT2D eigenvalue weighted by atomic mass is 15.0. The van der Waals surface area contributed by atoms with Gasteiger partial charge in [0.05, 0.1) is 33.5 Å². The quantitative estimate of drug-likeness (QED) is 0.160. The molecule has 10 aromatic carbocycles. The zero-order chi connectivity index (χ0) is 47.2. The molecule has 0 amide bonds. The predicted octanol–water partition coefficient (Wildman–Crippen LogP) is 17.3. The van der Waals surface area contributed by atoms with Crippen molar-refractivity contribution in [2.75, 3.05) is 0 Å². The summed E-state index contributed by atoms with van der Waals surface area (Å²) in [5, 5.41) is 4.80. The second kappa shape index (κ2) is 16.0. The smallest absolute Gasteiger partial charge is 0.160 e. The van der Waals surface area contributed by atoms with Gasteiger partial charge in [-0.3, -0.25) is 0 Å². The fourth-order valence-corrected chi connectivity index (χ4v) is 11.4. The van der Waals surface area contributed by atoms with Gasteiger partial charge >= 0.3 is 0 Å². The summed E-state index contributed by atoms with van der Waals surface area (Å²) >= 11 is 0. The van der Waals surface area contributed by atoms with Crippen LogP contribution in [0.2, 0.25) is 0 Å². The molecule has 3 heterocycles. The van der Waals surface area contributed by atoms with E-state index < -0.39 is 0 Å². The van der Waals surface area contributed by atoms with Crippen molar-refractivity contribution in [1.82, 2.24) is 19.1 Å². The zero-order valence-corrected chi connectivity index (χ0v) is 39.4. The molecular formula is C67H46N4. The molecule has 13 aromatic rings. The Labute approximate surface area is 412 Å². The Balaban J connectivity index is 1.04. The van der Waals surface area contributed by atoms with Crippen LogP contribution in [-0.4, -0.2) is 19.1 Å². The summed E-state index contributed by atoms with van der Waals surface area (Å²) in [7, 11) is 0. The second-order valence-electron chi connectivity index (χ2n) is 19.4. The summed E-state index contributed by atoms with van der Waals surface area (Å²) in [6, 6.07) is 88.0. The monoisotopic (exact) mass is 906 g/mol. The van der Waals surface area contributed by atoms with Crippen molar-refractivity contribution in [3.63, 3.8) is 0 Å². The third kappa shape index (κ3) is 6.60. The number of hydrogen-bond donors (Lipinski definition) is 0. The molecule has 71 heavy (non-hydrogen) atoms. The summed E-state index contributed by atoms with van der Waals surface area (Å²) in [5.41, 5.74) is 21.2. The lowest BCUT2D eigenvalue weighted by molar-refractivity contribution is 0.660. The first-order chi connectivity index (χ1) is 34.9. The molecule has 1 aliphatic carbocycles. The fourth-order valence-electron chi connectivity index (χ4n) is 11.4. The lowest BCUT2D eigenvalue weighted by Gasteiger charge is -2.22. The van der Waals surface area contributed by atoms with Crippen LogP contribution in [0.15, 0.2) is 243 Å². The van der Waals surface area contributed by atoms with Gasteiger partial charge in [-0.1, -0.05) is 190 Å². The largest absolute Gasteiger partial charge is 0.309 e. The standard InChI is InChI=1S/C67H46N4/c1-67(2)58-27-15-12-24-52(58)53-33-30-48(40-59(53)67)61-42-60(45-22-10-5-11-23-45)68-66(69-61)49-36-50(70-62-28-16-13-25-54(62)56-38-46(31-34-64(56)70)43-18-6-3-7-19-43)41-51(37-49)71-63-29-17-14-26-55(63)57-39-47(32-35-65(57)71)44-20-8-4-9-21-44/h3-42H,1-2H3. The predicted molar refractivity (Wildman–Crippen MR) is 295 cm³/mol. The van der Waals surface area contributed by atoms with Crippen molar-refractivity contribution in [2.45, 2.75) is 19.3 Å². The van der Waals surface area contributed by atoms with E-state index in [0.717, 1.165) is 61.5 Å². The number of rotatable bonds is 7. The van der Waals surface area contributed by atoms with E-state index in [1.54, 1.807) is 0 Å². The van der Waals surface area contributed by atoms with E-state index in [1.165, 1.54) is 66.1 Å². The average molecular weight is 907 g/mol. The van der Waals surface area contributed by atoms with E-state index in [0.29, 0.717) is 5.82 Å². The van der Waals surface area contributed by atoms with Crippen LogP contribution >= 0.6 is 0 Å². The summed E-state index contributed by atoms with van der Waals surface area (Å²) in [4.78, 5) is 11.1. The van der Waals surface area contributed by atoms with Crippen LogP contribution in [0.5, 0.6) is 0 Å². The highest BCUT2D eigenvalue weighted by molar-refractivity contribution is 6.12. The molecule has 0 unspecified atom stereocenters. The number of fused-ring (bicyclic) bond motifs is 9. The number of benzene rings is 10. The van der Waals surface area contributed by atoms with Gasteiger partial charge in [0.15, 0.2) is 5.82 Å². The van der Waals surface area contributed by atoms with Crippen LogP contribution in [0.4, 0.5) is 0 Å². The van der Waals surface area contributed by atoms with Gasteiger partial charge in [-0.15, -0.1) is 0 Å². The van der Waals surface area contributed by atoms with Crippen molar-refractivity contribution >= 4 is 43.6 Å². The van der Waals surface area contributed by atoms with E-state index in [-0.39, 0.29) is 5.41 Å². The highest BCUT2D eigenvalue weighted by Gasteiger charge is 2.35. The van der Waals surface area contributed by atoms with Crippen LogP contribution in [0.25, 0.3) is 122 Å². The van der Waals surface area contributed by atoms with Gasteiger partial charge in [-0.2, -0.15) is 0 Å². The van der Waals surface area contributed by atoms with Crippen molar-refractivity contribution in [2.24, 2.45) is 0 Å². The van der Waals surface area contributed by atoms with E-state index in [9.17, 15) is 0 Å². The van der Waals surface area contributed by atoms with Gasteiger partial charge in [-0.25, -0.2) is 9.97 Å². The molecule has 334 valence electrons. The van der Waals surface area contributed by atoms with E-state index in [1.807, 2.05) is 0 Å². The number of para-hydroxylation sites is 2.